The van der Waals surface area contributed by atoms with Crippen LogP contribution in [-0.2, 0) is 16.0 Å². The Labute approximate surface area is 163 Å². The number of amides is 2. The molecule has 2 aliphatic carbocycles. The number of nitrogens with one attached hydrogen (secondary N) is 1. The van der Waals surface area contributed by atoms with Crippen LogP contribution in [0.25, 0.3) is 0 Å². The van der Waals surface area contributed by atoms with E-state index >= 15 is 0 Å². The predicted molar refractivity (Wildman–Crippen MR) is 104 cm³/mol. The van der Waals surface area contributed by atoms with Gasteiger partial charge in [-0.2, -0.15) is 0 Å². The number of carbonyl (C=O) groups excluding carboxylic acids is 2. The molecular formula is C23H23FN2O2. The Morgan fingerprint density at radius 1 is 1.07 bits per heavy atom. The Kier molecular flexibility index (Phi) is 4.18. The third kappa shape index (κ3) is 2.99. The molecule has 0 saturated heterocycles. The molecule has 5 rings (SSSR count). The van der Waals surface area contributed by atoms with E-state index in [9.17, 15) is 14.0 Å². The summed E-state index contributed by atoms with van der Waals surface area (Å²) in [5, 5.41) is 2.71. The molecule has 3 aliphatic rings. The molecule has 1 N–H and O–H groups in total. The van der Waals surface area contributed by atoms with Gasteiger partial charge < -0.3 is 10.2 Å². The molecule has 2 amide bonds. The van der Waals surface area contributed by atoms with Crippen molar-refractivity contribution < 1.29 is 14.0 Å². The summed E-state index contributed by atoms with van der Waals surface area (Å²) in [6.45, 7) is 0. The van der Waals surface area contributed by atoms with Gasteiger partial charge in [0.1, 0.15) is 5.82 Å². The van der Waals surface area contributed by atoms with E-state index in [1.165, 1.54) is 23.3 Å². The first-order valence-electron chi connectivity index (χ1n) is 10.1. The molecule has 1 heterocycles. The summed E-state index contributed by atoms with van der Waals surface area (Å²) < 4.78 is 13.7. The third-order valence-electron chi connectivity index (χ3n) is 6.22. The van der Waals surface area contributed by atoms with Crippen molar-refractivity contribution in [3.8, 4) is 0 Å². The van der Waals surface area contributed by atoms with Gasteiger partial charge in [0, 0.05) is 18.2 Å². The zero-order valence-corrected chi connectivity index (χ0v) is 15.7. The highest BCUT2D eigenvalue weighted by molar-refractivity contribution is 6.01. The number of fused-ring (bicyclic) bond motifs is 2. The van der Waals surface area contributed by atoms with Gasteiger partial charge in [0.15, 0.2) is 0 Å². The van der Waals surface area contributed by atoms with Crippen molar-refractivity contribution >= 4 is 17.5 Å². The van der Waals surface area contributed by atoms with Crippen molar-refractivity contribution in [3.05, 3.63) is 65.0 Å². The van der Waals surface area contributed by atoms with Gasteiger partial charge in [-0.1, -0.05) is 30.3 Å². The summed E-state index contributed by atoms with van der Waals surface area (Å²) in [5.41, 5.74) is 3.71. The third-order valence-corrected chi connectivity index (χ3v) is 6.22. The number of nitrogens with zero attached hydrogens (tertiary/aromatic N) is 1. The molecule has 0 spiro atoms. The van der Waals surface area contributed by atoms with Gasteiger partial charge >= 0.3 is 0 Å². The maximum Gasteiger partial charge on any atom is 0.231 e. The standard InChI is InChI=1S/C23H23FN2O2/c24-15-8-11-18-19(13-22(27)25-20(18)12-15)23(28)26(16-9-10-16)21-7-3-5-14-4-1-2-6-17(14)21/h1-2,4,6,8,11-12,16,19,21H,3,5,7,9-10,13H2,(H,25,27). The van der Waals surface area contributed by atoms with E-state index in [0.717, 1.165) is 37.7 Å². The minimum Gasteiger partial charge on any atom is -0.332 e. The van der Waals surface area contributed by atoms with Gasteiger partial charge in [0.05, 0.1) is 12.0 Å². The fourth-order valence-electron chi connectivity index (χ4n) is 4.80. The molecule has 144 valence electrons. The quantitative estimate of drug-likeness (QED) is 0.865. The first-order chi connectivity index (χ1) is 13.6. The number of aryl methyl sites for hydroxylation is 1. The number of carbonyl (C=O) groups is 2. The molecule has 4 nitrogen and oxygen atoms in total. The second-order valence-corrected chi connectivity index (χ2v) is 8.12. The van der Waals surface area contributed by atoms with Crippen LogP contribution < -0.4 is 5.32 Å². The van der Waals surface area contributed by atoms with E-state index < -0.39 is 11.7 Å². The van der Waals surface area contributed by atoms with Gasteiger partial charge in [0.25, 0.3) is 0 Å². The number of hydrogen-bond donors (Lipinski definition) is 1. The molecule has 1 saturated carbocycles. The van der Waals surface area contributed by atoms with Gasteiger partial charge in [0.2, 0.25) is 11.8 Å². The minimum absolute atomic E-state index is 0.00640. The number of rotatable bonds is 3. The Morgan fingerprint density at radius 2 is 1.89 bits per heavy atom. The average molecular weight is 378 g/mol. The van der Waals surface area contributed by atoms with Gasteiger partial charge in [-0.15, -0.1) is 0 Å². The second kappa shape index (κ2) is 6.73. The van der Waals surface area contributed by atoms with E-state index in [-0.39, 0.29) is 30.3 Å². The number of hydrogen-bond acceptors (Lipinski definition) is 2. The lowest BCUT2D eigenvalue weighted by atomic mass is 9.84. The van der Waals surface area contributed by atoms with Crippen molar-refractivity contribution in [3.63, 3.8) is 0 Å². The van der Waals surface area contributed by atoms with E-state index in [0.29, 0.717) is 5.69 Å². The first kappa shape index (κ1) is 17.4. The van der Waals surface area contributed by atoms with Crippen molar-refractivity contribution in [1.29, 1.82) is 0 Å². The molecule has 2 aromatic carbocycles. The Balaban J connectivity index is 1.53. The molecule has 0 bridgehead atoms. The fourth-order valence-corrected chi connectivity index (χ4v) is 4.80. The summed E-state index contributed by atoms with van der Waals surface area (Å²) in [5.74, 6) is -1.17. The van der Waals surface area contributed by atoms with Gasteiger partial charge in [-0.3, -0.25) is 9.59 Å². The Hall–Kier alpha value is -2.69. The number of anilines is 1. The smallest absolute Gasteiger partial charge is 0.231 e. The van der Waals surface area contributed by atoms with Crippen LogP contribution in [0.15, 0.2) is 42.5 Å². The number of benzene rings is 2. The summed E-state index contributed by atoms with van der Waals surface area (Å²) in [4.78, 5) is 28.0. The summed E-state index contributed by atoms with van der Waals surface area (Å²) in [6, 6.07) is 13.0. The van der Waals surface area contributed by atoms with Crippen LogP contribution in [0.2, 0.25) is 0 Å². The van der Waals surface area contributed by atoms with Crippen molar-refractivity contribution in [1.82, 2.24) is 4.90 Å². The molecule has 2 atom stereocenters. The van der Waals surface area contributed by atoms with Crippen LogP contribution in [-0.4, -0.2) is 22.8 Å². The van der Waals surface area contributed by atoms with E-state index in [1.54, 1.807) is 6.07 Å². The zero-order valence-electron chi connectivity index (χ0n) is 15.7. The minimum atomic E-state index is -0.543. The van der Waals surface area contributed by atoms with Crippen LogP contribution in [0.1, 0.15) is 60.8 Å². The molecule has 1 aliphatic heterocycles. The lowest BCUT2D eigenvalue weighted by molar-refractivity contribution is -0.138. The second-order valence-electron chi connectivity index (χ2n) is 8.12. The van der Waals surface area contributed by atoms with Crippen LogP contribution in [0.5, 0.6) is 0 Å². The highest BCUT2D eigenvalue weighted by Crippen LogP contribution is 2.44. The zero-order chi connectivity index (χ0) is 19.3. The monoisotopic (exact) mass is 378 g/mol. The van der Waals surface area contributed by atoms with Gasteiger partial charge in [-0.25, -0.2) is 4.39 Å². The molecular weight excluding hydrogens is 355 g/mol. The van der Waals surface area contributed by atoms with Gasteiger partial charge in [-0.05, 0) is 60.9 Å². The average Bonchev–Trinajstić information content (AvgIpc) is 3.52. The Morgan fingerprint density at radius 3 is 2.71 bits per heavy atom. The summed E-state index contributed by atoms with van der Waals surface area (Å²) >= 11 is 0. The number of halogens is 1. The topological polar surface area (TPSA) is 49.4 Å². The fraction of sp³-hybridized carbons (Fsp3) is 0.391. The maximum atomic E-state index is 13.7. The molecule has 1 fully saturated rings. The largest absolute Gasteiger partial charge is 0.332 e. The van der Waals surface area contributed by atoms with Crippen LogP contribution in [0.3, 0.4) is 0 Å². The predicted octanol–water partition coefficient (Wildman–Crippen LogP) is 4.32. The van der Waals surface area contributed by atoms with E-state index in [2.05, 4.69) is 23.5 Å². The summed E-state index contributed by atoms with van der Waals surface area (Å²) in [7, 11) is 0. The van der Waals surface area contributed by atoms with E-state index in [4.69, 9.17) is 0 Å². The highest BCUT2D eigenvalue weighted by Gasteiger charge is 2.43. The van der Waals surface area contributed by atoms with Crippen LogP contribution >= 0.6 is 0 Å². The summed E-state index contributed by atoms with van der Waals surface area (Å²) in [6.07, 6.45) is 5.21. The SMILES string of the molecule is O=C1CC(C(=O)N(C2CC2)C2CCCc3ccccc32)c2ccc(F)cc2N1. The van der Waals surface area contributed by atoms with Crippen molar-refractivity contribution in [2.24, 2.45) is 0 Å². The molecule has 0 radical (unpaired) electrons. The first-order valence-corrected chi connectivity index (χ1v) is 10.1. The van der Waals surface area contributed by atoms with Crippen molar-refractivity contribution in [2.45, 2.75) is 56.5 Å². The molecule has 2 aromatic rings. The molecule has 28 heavy (non-hydrogen) atoms. The molecule has 2 unspecified atom stereocenters. The lowest BCUT2D eigenvalue weighted by Gasteiger charge is -2.39. The lowest BCUT2D eigenvalue weighted by Crippen LogP contribution is -2.43. The highest BCUT2D eigenvalue weighted by atomic mass is 19.1. The van der Waals surface area contributed by atoms with Crippen LogP contribution in [0, 0.1) is 5.82 Å². The Bertz CT molecular complexity index is 953. The molecule has 5 heteroatoms. The normalized spacial score (nSPS) is 23.4. The molecule has 0 aromatic heterocycles. The maximum absolute atomic E-state index is 13.7. The van der Waals surface area contributed by atoms with Crippen molar-refractivity contribution in [2.75, 3.05) is 5.32 Å². The van der Waals surface area contributed by atoms with E-state index in [1.807, 2.05) is 11.0 Å². The van der Waals surface area contributed by atoms with Crippen LogP contribution in [0.4, 0.5) is 10.1 Å².